The van der Waals surface area contributed by atoms with Crippen molar-refractivity contribution in [1.29, 1.82) is 0 Å². The Balaban J connectivity index is 2.65. The second kappa shape index (κ2) is 5.43. The molecule has 2 aromatic rings. The van der Waals surface area contributed by atoms with Gasteiger partial charge in [0.25, 0.3) is 0 Å². The average Bonchev–Trinajstić information content (AvgIpc) is 2.68. The van der Waals surface area contributed by atoms with Crippen molar-refractivity contribution in [3.8, 4) is 0 Å². The van der Waals surface area contributed by atoms with Crippen LogP contribution >= 0.6 is 11.6 Å². The van der Waals surface area contributed by atoms with Gasteiger partial charge in [0.1, 0.15) is 17.2 Å². The number of imidazole rings is 1. The lowest BCUT2D eigenvalue weighted by atomic mass is 10.3. The summed E-state index contributed by atoms with van der Waals surface area (Å²) >= 11 is 6.06. The second-order valence-corrected chi connectivity index (χ2v) is 5.15. The first-order valence-corrected chi connectivity index (χ1v) is 6.39. The molecule has 2 atom stereocenters. The Labute approximate surface area is 115 Å². The van der Waals surface area contributed by atoms with Crippen molar-refractivity contribution in [2.24, 2.45) is 0 Å². The maximum Gasteiger partial charge on any atom is 0.153 e. The van der Waals surface area contributed by atoms with E-state index in [0.717, 1.165) is 6.07 Å². The molecule has 0 aliphatic rings. The topological polar surface area (TPSA) is 27.1 Å². The van der Waals surface area contributed by atoms with Crippen LogP contribution in [-0.4, -0.2) is 22.8 Å². The molecule has 6 heteroatoms. The molecular formula is C13H15ClF2N2O. The smallest absolute Gasteiger partial charge is 0.153 e. The largest absolute Gasteiger partial charge is 0.380 e. The molecule has 0 saturated heterocycles. The molecule has 0 amide bonds. The highest BCUT2D eigenvalue weighted by Crippen LogP contribution is 2.27. The normalized spacial score (nSPS) is 14.8. The monoisotopic (exact) mass is 288 g/mol. The van der Waals surface area contributed by atoms with E-state index in [0.29, 0.717) is 17.9 Å². The zero-order valence-electron chi connectivity index (χ0n) is 11.0. The minimum absolute atomic E-state index is 0.113. The Hall–Kier alpha value is -1.20. The lowest BCUT2D eigenvalue weighted by Gasteiger charge is -2.15. The Morgan fingerprint density at radius 3 is 2.63 bits per heavy atom. The summed E-state index contributed by atoms with van der Waals surface area (Å²) in [4.78, 5) is 4.17. The van der Waals surface area contributed by atoms with Crippen LogP contribution in [0.15, 0.2) is 12.1 Å². The Morgan fingerprint density at radius 2 is 2.05 bits per heavy atom. The predicted octanol–water partition coefficient (Wildman–Crippen LogP) is 3.65. The van der Waals surface area contributed by atoms with Gasteiger partial charge in [-0.1, -0.05) is 0 Å². The summed E-state index contributed by atoms with van der Waals surface area (Å²) < 4.78 is 34.0. The van der Waals surface area contributed by atoms with Gasteiger partial charge in [-0.3, -0.25) is 0 Å². The van der Waals surface area contributed by atoms with Crippen molar-refractivity contribution in [3.05, 3.63) is 29.6 Å². The first kappa shape index (κ1) is 14.2. The number of ether oxygens (including phenoxy) is 1. The van der Waals surface area contributed by atoms with E-state index in [1.165, 1.54) is 6.07 Å². The molecule has 0 saturated carbocycles. The van der Waals surface area contributed by atoms with E-state index >= 15 is 0 Å². The molecule has 0 aliphatic heterocycles. The van der Waals surface area contributed by atoms with Crippen molar-refractivity contribution >= 4 is 22.6 Å². The van der Waals surface area contributed by atoms with Gasteiger partial charge in [0, 0.05) is 13.2 Å². The van der Waals surface area contributed by atoms with Crippen molar-refractivity contribution < 1.29 is 13.5 Å². The van der Waals surface area contributed by atoms with Gasteiger partial charge in [-0.2, -0.15) is 0 Å². The van der Waals surface area contributed by atoms with E-state index in [1.807, 2.05) is 6.92 Å². The number of aromatic nitrogens is 2. The highest BCUT2D eigenvalue weighted by molar-refractivity contribution is 6.20. The van der Waals surface area contributed by atoms with Crippen molar-refractivity contribution in [1.82, 2.24) is 9.55 Å². The summed E-state index contributed by atoms with van der Waals surface area (Å²) in [5, 5.41) is -0.404. The molecule has 2 rings (SSSR count). The maximum atomic E-state index is 13.7. The quantitative estimate of drug-likeness (QED) is 0.803. The van der Waals surface area contributed by atoms with E-state index in [-0.39, 0.29) is 11.6 Å². The third-order valence-electron chi connectivity index (χ3n) is 3.00. The Morgan fingerprint density at radius 1 is 1.37 bits per heavy atom. The number of hydrogen-bond donors (Lipinski definition) is 0. The van der Waals surface area contributed by atoms with Crippen LogP contribution in [0.2, 0.25) is 0 Å². The lowest BCUT2D eigenvalue weighted by Crippen LogP contribution is -2.17. The minimum atomic E-state index is -0.683. The molecule has 3 nitrogen and oxygen atoms in total. The molecule has 104 valence electrons. The molecule has 2 unspecified atom stereocenters. The van der Waals surface area contributed by atoms with E-state index in [9.17, 15) is 8.78 Å². The minimum Gasteiger partial charge on any atom is -0.380 e. The zero-order chi connectivity index (χ0) is 14.2. The lowest BCUT2D eigenvalue weighted by molar-refractivity contribution is 0.103. The number of nitrogens with zero attached hydrogens (tertiary/aromatic N) is 2. The van der Waals surface area contributed by atoms with Gasteiger partial charge >= 0.3 is 0 Å². The van der Waals surface area contributed by atoms with Gasteiger partial charge in [-0.15, -0.1) is 11.6 Å². The maximum absolute atomic E-state index is 13.7. The van der Waals surface area contributed by atoms with Crippen LogP contribution in [0.3, 0.4) is 0 Å². The third kappa shape index (κ3) is 2.72. The summed E-state index contributed by atoms with van der Waals surface area (Å²) in [6.45, 7) is 4.04. The number of methoxy groups -OCH3 is 1. The van der Waals surface area contributed by atoms with Gasteiger partial charge < -0.3 is 9.30 Å². The number of halogens is 3. The Bertz CT molecular complexity index is 598. The number of benzene rings is 1. The predicted molar refractivity (Wildman–Crippen MR) is 70.4 cm³/mol. The van der Waals surface area contributed by atoms with Crippen LogP contribution in [0.25, 0.3) is 11.0 Å². The van der Waals surface area contributed by atoms with E-state index in [2.05, 4.69) is 4.98 Å². The fraction of sp³-hybridized carbons (Fsp3) is 0.462. The number of rotatable bonds is 4. The number of fused-ring (bicyclic) bond motifs is 1. The van der Waals surface area contributed by atoms with Crippen molar-refractivity contribution in [3.63, 3.8) is 0 Å². The molecule has 0 aliphatic carbocycles. The van der Waals surface area contributed by atoms with E-state index in [4.69, 9.17) is 16.3 Å². The first-order valence-electron chi connectivity index (χ1n) is 5.96. The van der Waals surface area contributed by atoms with Crippen LogP contribution in [0.1, 0.15) is 25.0 Å². The van der Waals surface area contributed by atoms with Gasteiger partial charge in [-0.25, -0.2) is 13.8 Å². The van der Waals surface area contributed by atoms with Gasteiger partial charge in [0.15, 0.2) is 5.82 Å². The molecule has 0 N–H and O–H groups in total. The molecule has 0 radical (unpaired) electrons. The van der Waals surface area contributed by atoms with Crippen LogP contribution < -0.4 is 0 Å². The molecule has 1 aromatic heterocycles. The fourth-order valence-electron chi connectivity index (χ4n) is 1.99. The Kier molecular flexibility index (Phi) is 4.06. The van der Waals surface area contributed by atoms with Crippen LogP contribution in [0, 0.1) is 11.6 Å². The SMILES string of the molecule is COC(C)Cn1c(C(C)Cl)nc2c(F)cc(F)cc21. The molecule has 0 spiro atoms. The number of alkyl halides is 1. The molecular weight excluding hydrogens is 274 g/mol. The van der Waals surface area contributed by atoms with Crippen molar-refractivity contribution in [2.75, 3.05) is 7.11 Å². The zero-order valence-corrected chi connectivity index (χ0v) is 11.7. The van der Waals surface area contributed by atoms with Gasteiger partial charge in [-0.05, 0) is 19.9 Å². The summed E-state index contributed by atoms with van der Waals surface area (Å²) in [5.41, 5.74) is 0.524. The average molecular weight is 289 g/mol. The summed E-state index contributed by atoms with van der Waals surface area (Å²) in [6.07, 6.45) is -0.113. The van der Waals surface area contributed by atoms with E-state index < -0.39 is 17.0 Å². The number of hydrogen-bond acceptors (Lipinski definition) is 2. The van der Waals surface area contributed by atoms with E-state index in [1.54, 1.807) is 18.6 Å². The molecule has 0 fully saturated rings. The van der Waals surface area contributed by atoms with Crippen LogP contribution in [0.5, 0.6) is 0 Å². The third-order valence-corrected chi connectivity index (χ3v) is 3.19. The molecule has 19 heavy (non-hydrogen) atoms. The first-order chi connectivity index (χ1) is 8.93. The van der Waals surface area contributed by atoms with Crippen LogP contribution in [-0.2, 0) is 11.3 Å². The highest BCUT2D eigenvalue weighted by Gasteiger charge is 2.19. The molecule has 0 bridgehead atoms. The molecule has 1 heterocycles. The highest BCUT2D eigenvalue weighted by atomic mass is 35.5. The van der Waals surface area contributed by atoms with Gasteiger partial charge in [0.2, 0.25) is 0 Å². The molecule has 1 aromatic carbocycles. The van der Waals surface area contributed by atoms with Crippen molar-refractivity contribution in [2.45, 2.75) is 31.9 Å². The van der Waals surface area contributed by atoms with Gasteiger partial charge in [0.05, 0.1) is 23.5 Å². The fourth-order valence-corrected chi connectivity index (χ4v) is 2.16. The van der Waals surface area contributed by atoms with Crippen LogP contribution in [0.4, 0.5) is 8.78 Å². The summed E-state index contributed by atoms with van der Waals surface area (Å²) in [6, 6.07) is 2.08. The standard InChI is InChI=1S/C13H15ClF2N2O/c1-7(19-3)6-18-11-5-9(15)4-10(16)12(11)17-13(18)8(2)14/h4-5,7-8H,6H2,1-3H3. The summed E-state index contributed by atoms with van der Waals surface area (Å²) in [5.74, 6) is -0.813. The summed E-state index contributed by atoms with van der Waals surface area (Å²) in [7, 11) is 1.58. The second-order valence-electron chi connectivity index (χ2n) is 4.50.